The molecule has 1 aliphatic heterocycles. The van der Waals surface area contributed by atoms with Crippen LogP contribution in [0.1, 0.15) is 32.7 Å². The molecule has 80 valence electrons. The van der Waals surface area contributed by atoms with Gasteiger partial charge in [0, 0.05) is 0 Å². The number of rotatable bonds is 1. The van der Waals surface area contributed by atoms with Crippen LogP contribution in [0.5, 0.6) is 0 Å². The Bertz CT molecular complexity index is 225. The van der Waals surface area contributed by atoms with Crippen molar-refractivity contribution in [3.8, 4) is 0 Å². The van der Waals surface area contributed by atoms with Gasteiger partial charge in [-0.3, -0.25) is 0 Å². The maximum absolute atomic E-state index is 4.04. The third-order valence-electron chi connectivity index (χ3n) is 2.38. The molecule has 1 saturated heterocycles. The Hall–Kier alpha value is -0.970. The fourth-order valence-corrected chi connectivity index (χ4v) is 1.57. The standard InChI is InChI=1S/C7H13N5.C2H6/c1-11-4-2-7(3-5-11)12-9-6-8-10-12;1-2/h6-7H,2-5H2,1H3;1-2H3. The lowest BCUT2D eigenvalue weighted by molar-refractivity contribution is 0.199. The van der Waals surface area contributed by atoms with Crippen LogP contribution in [0.15, 0.2) is 6.33 Å². The van der Waals surface area contributed by atoms with Gasteiger partial charge in [-0.25, -0.2) is 0 Å². The molecule has 0 unspecified atom stereocenters. The third-order valence-corrected chi connectivity index (χ3v) is 2.38. The minimum absolute atomic E-state index is 0.462. The molecule has 1 fully saturated rings. The summed E-state index contributed by atoms with van der Waals surface area (Å²) in [6.45, 7) is 6.26. The van der Waals surface area contributed by atoms with Crippen LogP contribution in [0.4, 0.5) is 0 Å². The van der Waals surface area contributed by atoms with Crippen molar-refractivity contribution in [3.05, 3.63) is 6.33 Å². The van der Waals surface area contributed by atoms with Crippen molar-refractivity contribution in [3.63, 3.8) is 0 Å². The number of tetrazole rings is 1. The van der Waals surface area contributed by atoms with E-state index in [1.54, 1.807) is 4.80 Å². The van der Waals surface area contributed by atoms with E-state index in [9.17, 15) is 0 Å². The monoisotopic (exact) mass is 197 g/mol. The van der Waals surface area contributed by atoms with Gasteiger partial charge in [0.25, 0.3) is 0 Å². The van der Waals surface area contributed by atoms with Crippen molar-refractivity contribution in [1.82, 2.24) is 25.1 Å². The number of aromatic nitrogens is 4. The molecule has 0 radical (unpaired) electrons. The van der Waals surface area contributed by atoms with E-state index in [0.717, 1.165) is 25.9 Å². The van der Waals surface area contributed by atoms with Gasteiger partial charge in [0.2, 0.25) is 0 Å². The molecule has 0 bridgehead atoms. The normalized spacial score (nSPS) is 18.8. The highest BCUT2D eigenvalue weighted by Crippen LogP contribution is 2.18. The van der Waals surface area contributed by atoms with E-state index in [0.29, 0.717) is 6.04 Å². The Morgan fingerprint density at radius 3 is 2.36 bits per heavy atom. The Balaban J connectivity index is 0.000000461. The molecule has 0 saturated carbocycles. The highest BCUT2D eigenvalue weighted by Gasteiger charge is 2.19. The SMILES string of the molecule is CC.CN1CCC(n2ncnn2)CC1. The number of likely N-dealkylation sites (tertiary alicyclic amines) is 1. The summed E-state index contributed by atoms with van der Waals surface area (Å²) in [5, 5.41) is 11.6. The smallest absolute Gasteiger partial charge is 0.162 e. The third kappa shape index (κ3) is 2.77. The molecule has 1 aliphatic rings. The summed E-state index contributed by atoms with van der Waals surface area (Å²) < 4.78 is 0. The molecule has 1 aromatic rings. The highest BCUT2D eigenvalue weighted by atomic mass is 15.6. The lowest BCUT2D eigenvalue weighted by Crippen LogP contribution is -2.32. The van der Waals surface area contributed by atoms with Crippen LogP contribution < -0.4 is 0 Å². The zero-order chi connectivity index (χ0) is 10.4. The van der Waals surface area contributed by atoms with Gasteiger partial charge in [-0.15, -0.1) is 10.2 Å². The summed E-state index contributed by atoms with van der Waals surface area (Å²) in [5.41, 5.74) is 0. The fraction of sp³-hybridized carbons (Fsp3) is 0.889. The van der Waals surface area contributed by atoms with Crippen molar-refractivity contribution in [2.75, 3.05) is 20.1 Å². The van der Waals surface area contributed by atoms with Gasteiger partial charge in [-0.2, -0.15) is 4.80 Å². The second-order valence-corrected chi connectivity index (χ2v) is 3.29. The Labute approximate surface area is 85.1 Å². The van der Waals surface area contributed by atoms with E-state index in [4.69, 9.17) is 0 Å². The molecule has 1 aromatic heterocycles. The topological polar surface area (TPSA) is 46.8 Å². The molecule has 2 rings (SSSR count). The largest absolute Gasteiger partial charge is 0.306 e. The molecule has 0 atom stereocenters. The maximum Gasteiger partial charge on any atom is 0.162 e. The molecule has 2 heterocycles. The predicted octanol–water partition coefficient (Wildman–Crippen LogP) is 0.966. The van der Waals surface area contributed by atoms with Crippen LogP contribution in [0.25, 0.3) is 0 Å². The molecule has 0 aliphatic carbocycles. The van der Waals surface area contributed by atoms with E-state index in [1.807, 2.05) is 13.8 Å². The molecule has 0 spiro atoms. The van der Waals surface area contributed by atoms with Gasteiger partial charge in [0.15, 0.2) is 6.33 Å². The zero-order valence-electron chi connectivity index (χ0n) is 9.22. The average molecular weight is 197 g/mol. The highest BCUT2D eigenvalue weighted by molar-refractivity contribution is 4.71. The number of piperidine rings is 1. The first-order chi connectivity index (χ1) is 6.86. The summed E-state index contributed by atoms with van der Waals surface area (Å²) in [7, 11) is 2.14. The minimum Gasteiger partial charge on any atom is -0.306 e. The summed E-state index contributed by atoms with van der Waals surface area (Å²) in [5.74, 6) is 0. The van der Waals surface area contributed by atoms with Gasteiger partial charge >= 0.3 is 0 Å². The summed E-state index contributed by atoms with van der Waals surface area (Å²) in [4.78, 5) is 4.06. The van der Waals surface area contributed by atoms with Crippen molar-refractivity contribution < 1.29 is 0 Å². The Kier molecular flexibility index (Phi) is 4.52. The van der Waals surface area contributed by atoms with Gasteiger partial charge in [-0.1, -0.05) is 13.8 Å². The Morgan fingerprint density at radius 2 is 1.86 bits per heavy atom. The van der Waals surface area contributed by atoms with Crippen molar-refractivity contribution in [1.29, 1.82) is 0 Å². The van der Waals surface area contributed by atoms with Crippen molar-refractivity contribution >= 4 is 0 Å². The fourth-order valence-electron chi connectivity index (χ4n) is 1.57. The predicted molar refractivity (Wildman–Crippen MR) is 54.9 cm³/mol. The molecule has 5 nitrogen and oxygen atoms in total. The number of hydrogen-bond acceptors (Lipinski definition) is 4. The second-order valence-electron chi connectivity index (χ2n) is 3.29. The molecule has 0 aromatic carbocycles. The minimum atomic E-state index is 0.462. The molecule has 0 N–H and O–H groups in total. The summed E-state index contributed by atoms with van der Waals surface area (Å²) in [6.07, 6.45) is 3.76. The van der Waals surface area contributed by atoms with Crippen LogP contribution in [-0.4, -0.2) is 45.2 Å². The average Bonchev–Trinajstić information content (AvgIpc) is 2.75. The first kappa shape index (κ1) is 11.1. The summed E-state index contributed by atoms with van der Waals surface area (Å²) in [6, 6.07) is 0.462. The van der Waals surface area contributed by atoms with E-state index in [-0.39, 0.29) is 0 Å². The van der Waals surface area contributed by atoms with Crippen LogP contribution in [0, 0.1) is 0 Å². The van der Waals surface area contributed by atoms with Crippen molar-refractivity contribution in [2.45, 2.75) is 32.7 Å². The van der Waals surface area contributed by atoms with E-state index < -0.39 is 0 Å². The van der Waals surface area contributed by atoms with Gasteiger partial charge in [0.1, 0.15) is 0 Å². The number of hydrogen-bond donors (Lipinski definition) is 0. The van der Waals surface area contributed by atoms with Gasteiger partial charge in [0.05, 0.1) is 6.04 Å². The molecule has 5 heteroatoms. The van der Waals surface area contributed by atoms with Gasteiger partial charge in [-0.05, 0) is 38.2 Å². The van der Waals surface area contributed by atoms with Crippen molar-refractivity contribution in [2.24, 2.45) is 0 Å². The maximum atomic E-state index is 4.04. The summed E-state index contributed by atoms with van der Waals surface area (Å²) >= 11 is 0. The zero-order valence-corrected chi connectivity index (χ0v) is 9.22. The number of nitrogens with zero attached hydrogens (tertiary/aromatic N) is 5. The van der Waals surface area contributed by atoms with Crippen LogP contribution in [0.2, 0.25) is 0 Å². The first-order valence-electron chi connectivity index (χ1n) is 5.27. The quantitative estimate of drug-likeness (QED) is 0.673. The molecular formula is C9H19N5. The lowest BCUT2D eigenvalue weighted by Gasteiger charge is -2.27. The van der Waals surface area contributed by atoms with Crippen LogP contribution >= 0.6 is 0 Å². The second kappa shape index (κ2) is 5.70. The van der Waals surface area contributed by atoms with Gasteiger partial charge < -0.3 is 4.90 Å². The van der Waals surface area contributed by atoms with E-state index in [2.05, 4.69) is 27.4 Å². The van der Waals surface area contributed by atoms with Crippen LogP contribution in [0.3, 0.4) is 0 Å². The van der Waals surface area contributed by atoms with E-state index in [1.165, 1.54) is 6.33 Å². The molecular weight excluding hydrogens is 178 g/mol. The van der Waals surface area contributed by atoms with E-state index >= 15 is 0 Å². The van der Waals surface area contributed by atoms with Crippen LogP contribution in [-0.2, 0) is 0 Å². The Morgan fingerprint density at radius 1 is 1.21 bits per heavy atom. The first-order valence-corrected chi connectivity index (χ1v) is 5.27. The molecule has 0 amide bonds. The molecule has 14 heavy (non-hydrogen) atoms. The lowest BCUT2D eigenvalue weighted by atomic mass is 10.1.